The smallest absolute Gasteiger partial charge is 0.254 e. The summed E-state index contributed by atoms with van der Waals surface area (Å²) >= 11 is 0. The number of amides is 1. The van der Waals surface area contributed by atoms with E-state index >= 15 is 0 Å². The minimum absolute atomic E-state index is 0.00742. The van der Waals surface area contributed by atoms with E-state index in [9.17, 15) is 4.79 Å². The molecule has 1 atom stereocenters. The molecule has 116 valence electrons. The summed E-state index contributed by atoms with van der Waals surface area (Å²) in [6, 6.07) is 9.76. The molecule has 1 amide bonds. The van der Waals surface area contributed by atoms with Gasteiger partial charge in [0.05, 0.1) is 11.7 Å². The normalized spacial score (nSPS) is 18.2. The van der Waals surface area contributed by atoms with Gasteiger partial charge in [-0.15, -0.1) is 0 Å². The zero-order chi connectivity index (χ0) is 15.7. The molecule has 2 aromatic rings. The number of nitrogens with zero attached hydrogens (tertiary/aromatic N) is 2. The van der Waals surface area contributed by atoms with Gasteiger partial charge in [0.2, 0.25) is 0 Å². The van der Waals surface area contributed by atoms with E-state index in [1.54, 1.807) is 0 Å². The third kappa shape index (κ3) is 2.78. The van der Waals surface area contributed by atoms with Gasteiger partial charge in [-0.2, -0.15) is 0 Å². The summed E-state index contributed by atoms with van der Waals surface area (Å²) in [7, 11) is 0. The Morgan fingerprint density at radius 2 is 2.18 bits per heavy atom. The predicted octanol–water partition coefficient (Wildman–Crippen LogP) is 4.08. The maximum Gasteiger partial charge on any atom is 0.254 e. The van der Waals surface area contributed by atoms with Gasteiger partial charge in [0.1, 0.15) is 0 Å². The second-order valence-electron chi connectivity index (χ2n) is 6.33. The molecule has 4 heteroatoms. The van der Waals surface area contributed by atoms with Crippen molar-refractivity contribution in [3.8, 4) is 0 Å². The first kappa shape index (κ1) is 14.8. The van der Waals surface area contributed by atoms with E-state index in [0.29, 0.717) is 5.92 Å². The molecule has 0 saturated carbocycles. The molecule has 1 aromatic carbocycles. The van der Waals surface area contributed by atoms with Crippen molar-refractivity contribution < 1.29 is 9.32 Å². The Hall–Kier alpha value is -2.10. The van der Waals surface area contributed by atoms with E-state index in [2.05, 4.69) is 19.0 Å². The lowest BCUT2D eigenvalue weighted by molar-refractivity contribution is 0.0714. The number of carbonyl (C=O) groups excluding carboxylic acids is 1. The second kappa shape index (κ2) is 5.95. The van der Waals surface area contributed by atoms with Gasteiger partial charge < -0.3 is 9.42 Å². The van der Waals surface area contributed by atoms with E-state index in [-0.39, 0.29) is 11.9 Å². The minimum atomic E-state index is 0.00742. The van der Waals surface area contributed by atoms with Gasteiger partial charge in [-0.3, -0.25) is 4.79 Å². The average Bonchev–Trinajstić information content (AvgIpc) is 3.15. The van der Waals surface area contributed by atoms with Crippen LogP contribution in [-0.2, 0) is 0 Å². The summed E-state index contributed by atoms with van der Waals surface area (Å²) in [4.78, 5) is 14.7. The molecular formula is C18H22N2O2. The van der Waals surface area contributed by atoms with Crippen LogP contribution < -0.4 is 0 Å². The van der Waals surface area contributed by atoms with Crippen LogP contribution in [0.1, 0.15) is 66.0 Å². The highest BCUT2D eigenvalue weighted by Gasteiger charge is 2.33. The molecule has 22 heavy (non-hydrogen) atoms. The second-order valence-corrected chi connectivity index (χ2v) is 6.33. The molecule has 1 aliphatic heterocycles. The molecule has 1 aliphatic rings. The Balaban J connectivity index is 1.84. The van der Waals surface area contributed by atoms with Gasteiger partial charge in [0.15, 0.2) is 5.76 Å². The SMILES string of the molecule is Cc1cccc(C(=O)N2CCC[C@H]2c2cc(C(C)C)no2)c1. The van der Waals surface area contributed by atoms with Gasteiger partial charge in [-0.1, -0.05) is 36.7 Å². The van der Waals surface area contributed by atoms with Crippen LogP contribution in [-0.4, -0.2) is 22.5 Å². The first-order valence-electron chi connectivity index (χ1n) is 7.90. The summed E-state index contributed by atoms with van der Waals surface area (Å²) in [5.41, 5.74) is 2.80. The molecule has 0 aliphatic carbocycles. The number of benzene rings is 1. The maximum atomic E-state index is 12.8. The van der Waals surface area contributed by atoms with Crippen molar-refractivity contribution in [1.29, 1.82) is 0 Å². The van der Waals surface area contributed by atoms with Crippen LogP contribution in [0, 0.1) is 6.92 Å². The largest absolute Gasteiger partial charge is 0.359 e. The molecule has 0 bridgehead atoms. The zero-order valence-corrected chi connectivity index (χ0v) is 13.4. The van der Waals surface area contributed by atoms with Crippen molar-refractivity contribution in [2.45, 2.75) is 45.6 Å². The van der Waals surface area contributed by atoms with Crippen LogP contribution in [0.3, 0.4) is 0 Å². The fraction of sp³-hybridized carbons (Fsp3) is 0.444. The van der Waals surface area contributed by atoms with Crippen molar-refractivity contribution in [2.75, 3.05) is 6.54 Å². The monoisotopic (exact) mass is 298 g/mol. The molecule has 3 rings (SSSR count). The van der Waals surface area contributed by atoms with Gasteiger partial charge in [0.25, 0.3) is 5.91 Å². The van der Waals surface area contributed by atoms with Crippen LogP contribution in [0.25, 0.3) is 0 Å². The Labute approximate surface area is 131 Å². The van der Waals surface area contributed by atoms with E-state index in [1.807, 2.05) is 42.2 Å². The number of carbonyl (C=O) groups is 1. The number of rotatable bonds is 3. The lowest BCUT2D eigenvalue weighted by Crippen LogP contribution is -2.30. The van der Waals surface area contributed by atoms with Crippen LogP contribution in [0.5, 0.6) is 0 Å². The van der Waals surface area contributed by atoms with E-state index in [0.717, 1.165) is 42.0 Å². The van der Waals surface area contributed by atoms with Crippen LogP contribution >= 0.6 is 0 Å². The molecule has 1 aromatic heterocycles. The highest BCUT2D eigenvalue weighted by Crippen LogP contribution is 2.34. The van der Waals surface area contributed by atoms with Gasteiger partial charge in [-0.05, 0) is 37.8 Å². The first-order valence-corrected chi connectivity index (χ1v) is 7.90. The molecule has 0 radical (unpaired) electrons. The fourth-order valence-corrected chi connectivity index (χ4v) is 2.98. The number of likely N-dealkylation sites (tertiary alicyclic amines) is 1. The third-order valence-corrected chi connectivity index (χ3v) is 4.25. The first-order chi connectivity index (χ1) is 10.6. The number of aromatic nitrogens is 1. The summed E-state index contributed by atoms with van der Waals surface area (Å²) in [5, 5.41) is 4.13. The zero-order valence-electron chi connectivity index (χ0n) is 13.4. The van der Waals surface area contributed by atoms with Crippen LogP contribution in [0.15, 0.2) is 34.9 Å². The summed E-state index contributed by atoms with van der Waals surface area (Å²) in [6.45, 7) is 6.96. The van der Waals surface area contributed by atoms with E-state index in [4.69, 9.17) is 4.52 Å². The average molecular weight is 298 g/mol. The lowest BCUT2D eigenvalue weighted by Gasteiger charge is -2.22. The number of hydrogen-bond acceptors (Lipinski definition) is 3. The molecule has 1 saturated heterocycles. The quantitative estimate of drug-likeness (QED) is 0.857. The Morgan fingerprint density at radius 1 is 1.36 bits per heavy atom. The third-order valence-electron chi connectivity index (χ3n) is 4.25. The van der Waals surface area contributed by atoms with Crippen LogP contribution in [0.4, 0.5) is 0 Å². The summed E-state index contributed by atoms with van der Waals surface area (Å²) < 4.78 is 5.51. The number of hydrogen-bond donors (Lipinski definition) is 0. The van der Waals surface area contributed by atoms with Crippen molar-refractivity contribution in [2.24, 2.45) is 0 Å². The predicted molar refractivity (Wildman–Crippen MR) is 84.8 cm³/mol. The van der Waals surface area contributed by atoms with Crippen LogP contribution in [0.2, 0.25) is 0 Å². The molecule has 0 spiro atoms. The molecule has 2 heterocycles. The van der Waals surface area contributed by atoms with Crippen molar-refractivity contribution in [1.82, 2.24) is 10.1 Å². The lowest BCUT2D eigenvalue weighted by atomic mass is 10.1. The van der Waals surface area contributed by atoms with E-state index < -0.39 is 0 Å². The highest BCUT2D eigenvalue weighted by atomic mass is 16.5. The Bertz CT molecular complexity index is 675. The summed E-state index contributed by atoms with van der Waals surface area (Å²) in [5.74, 6) is 1.22. The molecule has 1 fully saturated rings. The molecular weight excluding hydrogens is 276 g/mol. The maximum absolute atomic E-state index is 12.8. The molecule has 0 N–H and O–H groups in total. The number of aryl methyl sites for hydroxylation is 1. The standard InChI is InChI=1S/C18H22N2O2/c1-12(2)15-11-17(22-19-15)16-8-5-9-20(16)18(21)14-7-4-6-13(3)10-14/h4,6-7,10-12,16H,5,8-9H2,1-3H3/t16-/m0/s1. The van der Waals surface area contributed by atoms with E-state index in [1.165, 1.54) is 0 Å². The van der Waals surface area contributed by atoms with Crippen molar-refractivity contribution >= 4 is 5.91 Å². The fourth-order valence-electron chi connectivity index (χ4n) is 2.98. The van der Waals surface area contributed by atoms with Gasteiger partial charge >= 0.3 is 0 Å². The van der Waals surface area contributed by atoms with Crippen molar-refractivity contribution in [3.05, 3.63) is 52.9 Å². The van der Waals surface area contributed by atoms with Gasteiger partial charge in [-0.25, -0.2) is 0 Å². The van der Waals surface area contributed by atoms with Crippen molar-refractivity contribution in [3.63, 3.8) is 0 Å². The molecule has 4 nitrogen and oxygen atoms in total. The minimum Gasteiger partial charge on any atom is -0.359 e. The van der Waals surface area contributed by atoms with Gasteiger partial charge in [0, 0.05) is 18.2 Å². The Morgan fingerprint density at radius 3 is 2.86 bits per heavy atom. The topological polar surface area (TPSA) is 46.3 Å². The summed E-state index contributed by atoms with van der Waals surface area (Å²) in [6.07, 6.45) is 1.93. The highest BCUT2D eigenvalue weighted by molar-refractivity contribution is 5.94. The molecule has 0 unspecified atom stereocenters. The Kier molecular flexibility index (Phi) is 4.01.